The number of benzene rings is 2. The highest BCUT2D eigenvalue weighted by Crippen LogP contribution is 2.35. The first kappa shape index (κ1) is 21.6. The molecule has 30 heavy (non-hydrogen) atoms. The van der Waals surface area contributed by atoms with Crippen LogP contribution < -0.4 is 20.1 Å². The topological polar surface area (TPSA) is 120 Å². The van der Waals surface area contributed by atoms with Crippen LogP contribution in [0.2, 0.25) is 0 Å². The van der Waals surface area contributed by atoms with Crippen LogP contribution in [0.3, 0.4) is 0 Å². The molecule has 2 aromatic carbocycles. The first-order chi connectivity index (χ1) is 14.3. The van der Waals surface area contributed by atoms with Gasteiger partial charge in [-0.05, 0) is 64.1 Å². The van der Waals surface area contributed by atoms with E-state index in [9.17, 15) is 19.7 Å². The lowest BCUT2D eigenvalue weighted by molar-refractivity contribution is -0.384. The van der Waals surface area contributed by atoms with Gasteiger partial charge in [0.2, 0.25) is 0 Å². The molecular weight excluding hydrogens is 525 g/mol. The van der Waals surface area contributed by atoms with Gasteiger partial charge in [-0.2, -0.15) is 0 Å². The Morgan fingerprint density at radius 1 is 1.20 bits per heavy atom. The van der Waals surface area contributed by atoms with Crippen LogP contribution in [0.1, 0.15) is 11.1 Å². The quantitative estimate of drug-likeness (QED) is 0.145. The van der Waals surface area contributed by atoms with E-state index in [1.165, 1.54) is 25.3 Å². The summed E-state index contributed by atoms with van der Waals surface area (Å²) in [6.07, 6.45) is 1.42. The van der Waals surface area contributed by atoms with Crippen molar-refractivity contribution in [2.24, 2.45) is 0 Å². The molecule has 0 bridgehead atoms. The molecule has 0 aromatic heterocycles. The van der Waals surface area contributed by atoms with Crippen LogP contribution in [0.25, 0.3) is 6.08 Å². The van der Waals surface area contributed by atoms with Gasteiger partial charge in [0.25, 0.3) is 17.5 Å². The smallest absolute Gasteiger partial charge is 0.269 e. The molecular formula is C19H14IN3O6S. The molecule has 3 rings (SSSR count). The van der Waals surface area contributed by atoms with Crippen molar-refractivity contribution in [2.45, 2.75) is 6.61 Å². The molecule has 0 atom stereocenters. The van der Waals surface area contributed by atoms with E-state index in [1.807, 2.05) is 22.6 Å². The van der Waals surface area contributed by atoms with Crippen LogP contribution in [0, 0.1) is 13.7 Å². The van der Waals surface area contributed by atoms with Crippen LogP contribution in [-0.2, 0) is 16.2 Å². The summed E-state index contributed by atoms with van der Waals surface area (Å²) in [6.45, 7) is 0.0940. The highest BCUT2D eigenvalue weighted by atomic mass is 127. The zero-order chi connectivity index (χ0) is 21.8. The molecule has 11 heteroatoms. The van der Waals surface area contributed by atoms with E-state index in [0.717, 1.165) is 0 Å². The maximum atomic E-state index is 12.0. The number of methoxy groups -OCH3 is 1. The number of nitrogens with one attached hydrogen (secondary N) is 2. The molecule has 0 saturated carbocycles. The summed E-state index contributed by atoms with van der Waals surface area (Å²) in [4.78, 5) is 34.5. The predicted octanol–water partition coefficient (Wildman–Crippen LogP) is 2.70. The normalized spacial score (nSPS) is 13.4. The average Bonchev–Trinajstić information content (AvgIpc) is 2.69. The first-order valence-corrected chi connectivity index (χ1v) is 9.89. The highest BCUT2D eigenvalue weighted by molar-refractivity contribution is 14.1. The maximum absolute atomic E-state index is 12.0. The van der Waals surface area contributed by atoms with Crippen molar-refractivity contribution >= 4 is 63.5 Å². The SMILES string of the molecule is COc1cc(C=C2C(=O)NC(=S)NC2=O)cc(I)c1OCc1cccc([N+](=O)[O-])c1. The molecule has 2 aromatic rings. The number of halogens is 1. The molecule has 1 fully saturated rings. The zero-order valence-corrected chi connectivity index (χ0v) is 18.4. The van der Waals surface area contributed by atoms with Gasteiger partial charge in [0, 0.05) is 12.1 Å². The van der Waals surface area contributed by atoms with Gasteiger partial charge in [0.1, 0.15) is 12.2 Å². The Morgan fingerprint density at radius 3 is 2.53 bits per heavy atom. The van der Waals surface area contributed by atoms with Crippen molar-refractivity contribution in [3.05, 3.63) is 66.8 Å². The molecule has 2 N–H and O–H groups in total. The van der Waals surface area contributed by atoms with Gasteiger partial charge in [-0.3, -0.25) is 30.3 Å². The van der Waals surface area contributed by atoms with Gasteiger partial charge < -0.3 is 9.47 Å². The number of rotatable bonds is 6. The van der Waals surface area contributed by atoms with Crippen LogP contribution in [0.5, 0.6) is 11.5 Å². The monoisotopic (exact) mass is 539 g/mol. The first-order valence-electron chi connectivity index (χ1n) is 8.40. The number of carbonyl (C=O) groups excluding carboxylic acids is 2. The second kappa shape index (κ2) is 9.17. The van der Waals surface area contributed by atoms with Gasteiger partial charge in [-0.15, -0.1) is 0 Å². The second-order valence-electron chi connectivity index (χ2n) is 6.05. The fourth-order valence-corrected chi connectivity index (χ4v) is 3.62. The van der Waals surface area contributed by atoms with E-state index in [1.54, 1.807) is 24.3 Å². The number of non-ortho nitro benzene ring substituents is 1. The number of ether oxygens (including phenoxy) is 2. The minimum Gasteiger partial charge on any atom is -0.493 e. The molecule has 154 valence electrons. The summed E-state index contributed by atoms with van der Waals surface area (Å²) in [7, 11) is 1.46. The van der Waals surface area contributed by atoms with Crippen LogP contribution in [0.15, 0.2) is 42.0 Å². The van der Waals surface area contributed by atoms with E-state index in [0.29, 0.717) is 26.2 Å². The molecule has 1 aliphatic heterocycles. The molecule has 9 nitrogen and oxygen atoms in total. The van der Waals surface area contributed by atoms with Crippen molar-refractivity contribution < 1.29 is 24.0 Å². The third kappa shape index (κ3) is 4.91. The van der Waals surface area contributed by atoms with E-state index in [4.69, 9.17) is 21.7 Å². The lowest BCUT2D eigenvalue weighted by Gasteiger charge is -2.17. The summed E-state index contributed by atoms with van der Waals surface area (Å²) in [5, 5.41) is 15.6. The fourth-order valence-electron chi connectivity index (χ4n) is 2.65. The van der Waals surface area contributed by atoms with Crippen molar-refractivity contribution in [1.29, 1.82) is 0 Å². The van der Waals surface area contributed by atoms with Crippen LogP contribution in [0.4, 0.5) is 5.69 Å². The summed E-state index contributed by atoms with van der Waals surface area (Å²) in [5.41, 5.74) is 1.06. The molecule has 1 aliphatic rings. The number of carbonyl (C=O) groups is 2. The molecule has 0 unspecified atom stereocenters. The minimum absolute atomic E-state index is 0.0248. The molecule has 0 spiro atoms. The molecule has 1 heterocycles. The fraction of sp³-hybridized carbons (Fsp3) is 0.105. The molecule has 1 saturated heterocycles. The molecule has 0 aliphatic carbocycles. The number of nitro groups is 1. The van der Waals surface area contributed by atoms with Gasteiger partial charge in [-0.1, -0.05) is 12.1 Å². The highest BCUT2D eigenvalue weighted by Gasteiger charge is 2.26. The summed E-state index contributed by atoms with van der Waals surface area (Å²) < 4.78 is 11.9. The van der Waals surface area contributed by atoms with E-state index in [-0.39, 0.29) is 23.0 Å². The Kier molecular flexibility index (Phi) is 6.62. The van der Waals surface area contributed by atoms with Gasteiger partial charge in [-0.25, -0.2) is 0 Å². The van der Waals surface area contributed by atoms with Crippen molar-refractivity contribution in [3.8, 4) is 11.5 Å². The third-order valence-corrected chi connectivity index (χ3v) is 5.02. The summed E-state index contributed by atoms with van der Waals surface area (Å²) in [6, 6.07) is 9.47. The zero-order valence-electron chi connectivity index (χ0n) is 15.4. The lowest BCUT2D eigenvalue weighted by Crippen LogP contribution is -2.51. The maximum Gasteiger partial charge on any atom is 0.269 e. The summed E-state index contributed by atoms with van der Waals surface area (Å²) >= 11 is 6.82. The van der Waals surface area contributed by atoms with E-state index < -0.39 is 16.7 Å². The predicted molar refractivity (Wildman–Crippen MR) is 120 cm³/mol. The number of hydrogen-bond donors (Lipinski definition) is 2. The van der Waals surface area contributed by atoms with Crippen LogP contribution >= 0.6 is 34.8 Å². The third-order valence-electron chi connectivity index (χ3n) is 4.01. The number of amides is 2. The molecule has 0 radical (unpaired) electrons. The molecule has 2 amide bonds. The van der Waals surface area contributed by atoms with Crippen molar-refractivity contribution in [1.82, 2.24) is 10.6 Å². The number of nitro benzene ring substituents is 1. The van der Waals surface area contributed by atoms with E-state index >= 15 is 0 Å². The Hall–Kier alpha value is -3.06. The number of hydrogen-bond acceptors (Lipinski definition) is 7. The van der Waals surface area contributed by atoms with Crippen molar-refractivity contribution in [2.75, 3.05) is 7.11 Å². The minimum atomic E-state index is -0.594. The lowest BCUT2D eigenvalue weighted by atomic mass is 10.1. The van der Waals surface area contributed by atoms with Crippen molar-refractivity contribution in [3.63, 3.8) is 0 Å². The largest absolute Gasteiger partial charge is 0.493 e. The Bertz CT molecular complexity index is 1080. The van der Waals surface area contributed by atoms with Gasteiger partial charge in [0.15, 0.2) is 16.6 Å². The standard InChI is InChI=1S/C19H14IN3O6S/c1-28-15-8-11(6-13-17(24)21-19(30)22-18(13)25)7-14(20)16(15)29-9-10-3-2-4-12(5-10)23(26)27/h2-8H,9H2,1H3,(H2,21,22,24,25,30). The second-order valence-corrected chi connectivity index (χ2v) is 7.62. The summed E-state index contributed by atoms with van der Waals surface area (Å²) in [5.74, 6) is -0.371. The van der Waals surface area contributed by atoms with Gasteiger partial charge >= 0.3 is 0 Å². The van der Waals surface area contributed by atoms with Gasteiger partial charge in [0.05, 0.1) is 15.6 Å². The number of nitrogens with zero attached hydrogens (tertiary/aromatic N) is 1. The van der Waals surface area contributed by atoms with E-state index in [2.05, 4.69) is 10.6 Å². The average molecular weight is 539 g/mol. The Morgan fingerprint density at radius 2 is 1.90 bits per heavy atom. The van der Waals surface area contributed by atoms with Crippen LogP contribution in [-0.4, -0.2) is 29.0 Å². The number of thiocarbonyl (C=S) groups is 1. The Labute approximate surface area is 189 Å². The Balaban J connectivity index is 1.86.